The molecular formula is C17H14FN5O5S. The van der Waals surface area contributed by atoms with Gasteiger partial charge in [0.25, 0.3) is 15.6 Å². The number of benzene rings is 2. The number of urea groups is 1. The molecule has 2 aromatic carbocycles. The zero-order valence-corrected chi connectivity index (χ0v) is 15.3. The topological polar surface area (TPSA) is 153 Å². The lowest BCUT2D eigenvalue weighted by molar-refractivity contribution is 0.262. The van der Waals surface area contributed by atoms with E-state index in [0.717, 1.165) is 6.20 Å². The van der Waals surface area contributed by atoms with E-state index in [0.29, 0.717) is 5.69 Å². The molecule has 0 bridgehead atoms. The molecule has 0 spiro atoms. The number of anilines is 3. The van der Waals surface area contributed by atoms with Gasteiger partial charge in [-0.3, -0.25) is 14.5 Å². The molecule has 29 heavy (non-hydrogen) atoms. The highest BCUT2D eigenvalue weighted by Gasteiger charge is 2.19. The van der Waals surface area contributed by atoms with Gasteiger partial charge in [0.2, 0.25) is 0 Å². The average molecular weight is 419 g/mol. The van der Waals surface area contributed by atoms with Gasteiger partial charge in [-0.05, 0) is 36.4 Å². The Labute approximate surface area is 162 Å². The van der Waals surface area contributed by atoms with Crippen molar-refractivity contribution in [3.63, 3.8) is 0 Å². The maximum absolute atomic E-state index is 13.5. The summed E-state index contributed by atoms with van der Waals surface area (Å²) in [6.45, 7) is 0. The van der Waals surface area contributed by atoms with Gasteiger partial charge < -0.3 is 15.6 Å². The molecular weight excluding hydrogens is 405 g/mol. The monoisotopic (exact) mass is 419 g/mol. The minimum absolute atomic E-state index is 0.000467. The molecule has 0 saturated heterocycles. The first-order valence-electron chi connectivity index (χ1n) is 8.02. The van der Waals surface area contributed by atoms with Crippen molar-refractivity contribution in [3.05, 3.63) is 81.4 Å². The predicted molar refractivity (Wildman–Crippen MR) is 104 cm³/mol. The number of sulfonamides is 1. The number of carbonyl (C=O) groups excluding carboxylic acids is 1. The standard InChI is InChI=1S/C17H14FN5O5S/c18-12-3-1-2-4-13(12)21-17(26)20-10-5-7-11(8-6-10)23-29(27,28)14-9-19-16(25)22-15(14)24/h1-9,23H,(H2,20,21,26)(H2,19,22,24,25). The van der Waals surface area contributed by atoms with Crippen molar-refractivity contribution in [3.8, 4) is 0 Å². The molecule has 3 aromatic rings. The van der Waals surface area contributed by atoms with E-state index in [1.807, 2.05) is 4.98 Å². The Balaban J connectivity index is 1.68. The summed E-state index contributed by atoms with van der Waals surface area (Å²) in [6.07, 6.45) is 0.784. The molecule has 2 amide bonds. The first kappa shape index (κ1) is 19.8. The lowest BCUT2D eigenvalue weighted by Gasteiger charge is -2.10. The van der Waals surface area contributed by atoms with Crippen LogP contribution >= 0.6 is 0 Å². The number of rotatable bonds is 5. The maximum Gasteiger partial charge on any atom is 0.325 e. The van der Waals surface area contributed by atoms with E-state index in [9.17, 15) is 27.2 Å². The van der Waals surface area contributed by atoms with Crippen LogP contribution in [0.5, 0.6) is 0 Å². The number of hydrogen-bond donors (Lipinski definition) is 5. The maximum atomic E-state index is 13.5. The van der Waals surface area contributed by atoms with E-state index < -0.39 is 38.0 Å². The third-order valence-electron chi connectivity index (χ3n) is 3.59. The Hall–Kier alpha value is -3.93. The molecule has 5 N–H and O–H groups in total. The van der Waals surface area contributed by atoms with Crippen molar-refractivity contribution in [2.24, 2.45) is 0 Å². The molecule has 1 heterocycles. The van der Waals surface area contributed by atoms with Crippen molar-refractivity contribution in [2.45, 2.75) is 4.90 Å². The summed E-state index contributed by atoms with van der Waals surface area (Å²) in [4.78, 5) is 37.8. The lowest BCUT2D eigenvalue weighted by Crippen LogP contribution is -2.29. The van der Waals surface area contributed by atoms with Crippen molar-refractivity contribution in [2.75, 3.05) is 15.4 Å². The van der Waals surface area contributed by atoms with Crippen molar-refractivity contribution >= 4 is 33.1 Å². The SMILES string of the molecule is O=C(Nc1ccc(NS(=O)(=O)c2c[nH]c(=O)[nH]c2=O)cc1)Nc1ccccc1F. The van der Waals surface area contributed by atoms with Gasteiger partial charge in [0.15, 0.2) is 4.90 Å². The van der Waals surface area contributed by atoms with Crippen LogP contribution in [-0.2, 0) is 10.0 Å². The number of para-hydroxylation sites is 1. The van der Waals surface area contributed by atoms with Crippen LogP contribution in [0.3, 0.4) is 0 Å². The highest BCUT2D eigenvalue weighted by molar-refractivity contribution is 7.92. The molecule has 0 radical (unpaired) electrons. The Kier molecular flexibility index (Phi) is 5.45. The van der Waals surface area contributed by atoms with Crippen LogP contribution in [0.4, 0.5) is 26.2 Å². The summed E-state index contributed by atoms with van der Waals surface area (Å²) >= 11 is 0. The Bertz CT molecular complexity index is 1270. The molecule has 1 aromatic heterocycles. The molecule has 10 nitrogen and oxygen atoms in total. The summed E-state index contributed by atoms with van der Waals surface area (Å²) < 4.78 is 40.2. The van der Waals surface area contributed by atoms with Gasteiger partial charge in [-0.1, -0.05) is 12.1 Å². The molecule has 12 heteroatoms. The molecule has 0 saturated carbocycles. The number of nitrogens with one attached hydrogen (secondary N) is 5. The summed E-state index contributed by atoms with van der Waals surface area (Å²) in [6, 6.07) is 10.4. The van der Waals surface area contributed by atoms with Gasteiger partial charge in [-0.2, -0.15) is 0 Å². The smallest absolute Gasteiger partial charge is 0.313 e. The largest absolute Gasteiger partial charge is 0.325 e. The Morgan fingerprint density at radius 3 is 2.24 bits per heavy atom. The highest BCUT2D eigenvalue weighted by Crippen LogP contribution is 2.17. The second-order valence-corrected chi connectivity index (χ2v) is 7.33. The molecule has 0 aliphatic heterocycles. The summed E-state index contributed by atoms with van der Waals surface area (Å²) in [5.41, 5.74) is -1.48. The zero-order valence-electron chi connectivity index (χ0n) is 14.5. The first-order valence-corrected chi connectivity index (χ1v) is 9.50. The van der Waals surface area contributed by atoms with Crippen LogP contribution in [0.1, 0.15) is 0 Å². The number of aromatic amines is 2. The number of H-pyrrole nitrogens is 2. The fourth-order valence-corrected chi connectivity index (χ4v) is 3.34. The van der Waals surface area contributed by atoms with E-state index in [1.54, 1.807) is 6.07 Å². The van der Waals surface area contributed by atoms with Crippen molar-refractivity contribution in [1.29, 1.82) is 0 Å². The van der Waals surface area contributed by atoms with E-state index in [-0.39, 0.29) is 11.4 Å². The minimum atomic E-state index is -4.25. The number of amides is 2. The van der Waals surface area contributed by atoms with Gasteiger partial charge in [-0.15, -0.1) is 0 Å². The second-order valence-electron chi connectivity index (χ2n) is 5.68. The molecule has 0 aliphatic carbocycles. The van der Waals surface area contributed by atoms with Gasteiger partial charge in [-0.25, -0.2) is 22.4 Å². The third kappa shape index (κ3) is 4.87. The van der Waals surface area contributed by atoms with Crippen LogP contribution in [0.2, 0.25) is 0 Å². The van der Waals surface area contributed by atoms with E-state index >= 15 is 0 Å². The summed E-state index contributed by atoms with van der Waals surface area (Å²) in [7, 11) is -4.25. The Morgan fingerprint density at radius 1 is 0.931 bits per heavy atom. The van der Waals surface area contributed by atoms with Gasteiger partial charge in [0, 0.05) is 17.6 Å². The van der Waals surface area contributed by atoms with Crippen LogP contribution in [0, 0.1) is 5.82 Å². The molecule has 0 fully saturated rings. The van der Waals surface area contributed by atoms with Crippen LogP contribution in [0.25, 0.3) is 0 Å². The highest BCUT2D eigenvalue weighted by atomic mass is 32.2. The number of aromatic nitrogens is 2. The molecule has 150 valence electrons. The average Bonchev–Trinajstić information content (AvgIpc) is 2.64. The third-order valence-corrected chi connectivity index (χ3v) is 4.98. The number of halogens is 1. The zero-order chi connectivity index (χ0) is 21.0. The first-order chi connectivity index (χ1) is 13.7. The Morgan fingerprint density at radius 2 is 1.59 bits per heavy atom. The quantitative estimate of drug-likeness (QED) is 0.426. The summed E-state index contributed by atoms with van der Waals surface area (Å²) in [5, 5.41) is 4.81. The van der Waals surface area contributed by atoms with Crippen molar-refractivity contribution in [1.82, 2.24) is 9.97 Å². The van der Waals surface area contributed by atoms with Gasteiger partial charge in [0.1, 0.15) is 5.82 Å². The van der Waals surface area contributed by atoms with Gasteiger partial charge >= 0.3 is 11.7 Å². The number of carbonyl (C=O) groups is 1. The van der Waals surface area contributed by atoms with E-state index in [1.165, 1.54) is 42.5 Å². The predicted octanol–water partition coefficient (Wildman–Crippen LogP) is 1.65. The normalized spacial score (nSPS) is 10.9. The van der Waals surface area contributed by atoms with Crippen LogP contribution in [0.15, 0.2) is 69.2 Å². The van der Waals surface area contributed by atoms with Crippen molar-refractivity contribution < 1.29 is 17.6 Å². The lowest BCUT2D eigenvalue weighted by atomic mass is 10.3. The molecule has 0 unspecified atom stereocenters. The fraction of sp³-hybridized carbons (Fsp3) is 0. The summed E-state index contributed by atoms with van der Waals surface area (Å²) in [5.74, 6) is -0.593. The van der Waals surface area contributed by atoms with Crippen LogP contribution in [-0.4, -0.2) is 24.4 Å². The van der Waals surface area contributed by atoms with Gasteiger partial charge in [0.05, 0.1) is 5.69 Å². The molecule has 3 rings (SSSR count). The van der Waals surface area contributed by atoms with E-state index in [4.69, 9.17) is 0 Å². The second kappa shape index (κ2) is 7.98. The minimum Gasteiger partial charge on any atom is -0.313 e. The van der Waals surface area contributed by atoms with E-state index in [2.05, 4.69) is 20.3 Å². The molecule has 0 aliphatic rings. The number of hydrogen-bond acceptors (Lipinski definition) is 5. The molecule has 0 atom stereocenters. The fourth-order valence-electron chi connectivity index (χ4n) is 2.28. The van der Waals surface area contributed by atoms with Crippen LogP contribution < -0.4 is 26.6 Å².